The summed E-state index contributed by atoms with van der Waals surface area (Å²) in [6, 6.07) is -1.44. The van der Waals surface area contributed by atoms with Crippen molar-refractivity contribution < 1.29 is 67.7 Å². The van der Waals surface area contributed by atoms with Crippen LogP contribution in [-0.2, 0) is 29.1 Å². The van der Waals surface area contributed by atoms with E-state index in [2.05, 4.69) is 5.32 Å². The van der Waals surface area contributed by atoms with Crippen LogP contribution in [0.15, 0.2) is 0 Å². The normalized spacial score (nSPS) is 43.8. The summed E-state index contributed by atoms with van der Waals surface area (Å²) >= 11 is 0. The molecule has 2 heterocycles. The van der Waals surface area contributed by atoms with Gasteiger partial charge in [-0.2, -0.15) is 8.42 Å². The summed E-state index contributed by atoms with van der Waals surface area (Å²) in [5.41, 5.74) is -2.73. The standard InChI is InChI=1S/C14H25NO14S/c1-3(17)15-5-6(18)10(4(2-16)27-12(5)22)28-14-9(21)7(19)8(20)11(29-14)13(23)30(24,25)26/h4-14,16,18-23H,2H2,1H3,(H,15,17)(H,24,25,26)/t4-,5-,6-,7+,8-,9-,10-,11+,12?,13?,14-/m1/s1. The van der Waals surface area contributed by atoms with E-state index < -0.39 is 89.4 Å². The van der Waals surface area contributed by atoms with E-state index in [1.807, 2.05) is 0 Å². The Morgan fingerprint density at radius 3 is 2.17 bits per heavy atom. The maximum Gasteiger partial charge on any atom is 0.294 e. The van der Waals surface area contributed by atoms with Crippen molar-refractivity contribution in [1.29, 1.82) is 0 Å². The number of aliphatic hydroxyl groups is 7. The second-order valence-corrected chi connectivity index (χ2v) is 8.42. The fourth-order valence-electron chi connectivity index (χ4n) is 3.19. The Bertz CT molecular complexity index is 705. The largest absolute Gasteiger partial charge is 0.394 e. The highest BCUT2D eigenvalue weighted by molar-refractivity contribution is 7.86. The van der Waals surface area contributed by atoms with Crippen molar-refractivity contribution in [3.63, 3.8) is 0 Å². The first-order valence-electron chi connectivity index (χ1n) is 8.68. The first-order valence-corrected chi connectivity index (χ1v) is 10.2. The molecule has 176 valence electrons. The van der Waals surface area contributed by atoms with Crippen molar-refractivity contribution in [1.82, 2.24) is 5.32 Å². The first-order chi connectivity index (χ1) is 13.8. The third-order valence-electron chi connectivity index (χ3n) is 4.73. The van der Waals surface area contributed by atoms with Crippen LogP contribution in [0.1, 0.15) is 6.92 Å². The van der Waals surface area contributed by atoms with Crippen molar-refractivity contribution in [2.75, 3.05) is 6.61 Å². The summed E-state index contributed by atoms with van der Waals surface area (Å²) in [5, 5.41) is 71.6. The van der Waals surface area contributed by atoms with E-state index >= 15 is 0 Å². The zero-order valence-corrected chi connectivity index (χ0v) is 16.3. The van der Waals surface area contributed by atoms with E-state index in [0.717, 1.165) is 6.92 Å². The van der Waals surface area contributed by atoms with Gasteiger partial charge < -0.3 is 55.3 Å². The minimum absolute atomic E-state index is 0.660. The van der Waals surface area contributed by atoms with E-state index in [4.69, 9.17) is 18.8 Å². The van der Waals surface area contributed by atoms with Crippen molar-refractivity contribution in [3.8, 4) is 0 Å². The number of carbonyl (C=O) groups excluding carboxylic acids is 1. The van der Waals surface area contributed by atoms with E-state index in [1.165, 1.54) is 0 Å². The lowest BCUT2D eigenvalue weighted by atomic mass is 9.95. The highest BCUT2D eigenvalue weighted by Gasteiger charge is 2.53. The number of aliphatic hydroxyl groups excluding tert-OH is 7. The highest BCUT2D eigenvalue weighted by Crippen LogP contribution is 2.30. The monoisotopic (exact) mass is 463 g/mol. The Morgan fingerprint density at radius 2 is 1.67 bits per heavy atom. The number of amides is 1. The fraction of sp³-hybridized carbons (Fsp3) is 0.929. The number of rotatable bonds is 6. The van der Waals surface area contributed by atoms with Gasteiger partial charge in [0, 0.05) is 6.92 Å². The molecule has 2 aliphatic rings. The zero-order chi connectivity index (χ0) is 23.0. The molecule has 0 aromatic carbocycles. The van der Waals surface area contributed by atoms with Crippen molar-refractivity contribution in [3.05, 3.63) is 0 Å². The topological polar surface area (TPSA) is 253 Å². The molecule has 1 amide bonds. The highest BCUT2D eigenvalue weighted by atomic mass is 32.2. The van der Waals surface area contributed by atoms with Gasteiger partial charge in [0.25, 0.3) is 10.1 Å². The molecule has 0 bridgehead atoms. The van der Waals surface area contributed by atoms with Crippen LogP contribution in [0.3, 0.4) is 0 Å². The van der Waals surface area contributed by atoms with Gasteiger partial charge in [-0.3, -0.25) is 9.35 Å². The van der Waals surface area contributed by atoms with E-state index in [0.29, 0.717) is 0 Å². The molecule has 0 aliphatic carbocycles. The van der Waals surface area contributed by atoms with Crippen molar-refractivity contribution >= 4 is 16.0 Å². The molecular formula is C14H25NO14S. The van der Waals surface area contributed by atoms with Gasteiger partial charge in [0.2, 0.25) is 11.3 Å². The van der Waals surface area contributed by atoms with Gasteiger partial charge in [0.05, 0.1) is 6.61 Å². The minimum atomic E-state index is -5.16. The Kier molecular flexibility index (Phi) is 8.11. The average molecular weight is 463 g/mol. The number of ether oxygens (including phenoxy) is 3. The summed E-state index contributed by atoms with van der Waals surface area (Å²) in [6.07, 6.45) is -17.0. The van der Waals surface area contributed by atoms with Gasteiger partial charge in [-0.25, -0.2) is 0 Å². The van der Waals surface area contributed by atoms with Crippen molar-refractivity contribution in [2.24, 2.45) is 0 Å². The predicted octanol–water partition coefficient (Wildman–Crippen LogP) is -6.04. The van der Waals surface area contributed by atoms with E-state index in [1.54, 1.807) is 0 Å². The number of hydrogen-bond donors (Lipinski definition) is 9. The number of hydrogen-bond acceptors (Lipinski definition) is 13. The Hall–Kier alpha value is -1.02. The minimum Gasteiger partial charge on any atom is -0.394 e. The lowest BCUT2D eigenvalue weighted by molar-refractivity contribution is -0.347. The van der Waals surface area contributed by atoms with Crippen LogP contribution < -0.4 is 5.32 Å². The Morgan fingerprint density at radius 1 is 1.07 bits per heavy atom. The van der Waals surface area contributed by atoms with Crippen LogP contribution >= 0.6 is 0 Å². The van der Waals surface area contributed by atoms with Crippen molar-refractivity contribution in [2.45, 2.75) is 73.7 Å². The summed E-state index contributed by atoms with van der Waals surface area (Å²) < 4.78 is 46.6. The van der Waals surface area contributed by atoms with Crippen LogP contribution in [-0.4, -0.2) is 128 Å². The second kappa shape index (κ2) is 9.63. The molecule has 2 fully saturated rings. The molecule has 0 aromatic rings. The molecule has 2 saturated heterocycles. The molecule has 2 rings (SSSR count). The van der Waals surface area contributed by atoms with E-state index in [9.17, 15) is 49.0 Å². The third-order valence-corrected chi connectivity index (χ3v) is 5.60. The molecule has 30 heavy (non-hydrogen) atoms. The molecule has 0 aromatic heterocycles. The predicted molar refractivity (Wildman–Crippen MR) is 90.7 cm³/mol. The van der Waals surface area contributed by atoms with Gasteiger partial charge in [-0.15, -0.1) is 0 Å². The third kappa shape index (κ3) is 5.23. The second-order valence-electron chi connectivity index (χ2n) is 6.91. The quantitative estimate of drug-likeness (QED) is 0.166. The lowest BCUT2D eigenvalue weighted by Crippen LogP contribution is -2.67. The van der Waals surface area contributed by atoms with Crippen LogP contribution in [0.4, 0.5) is 0 Å². The van der Waals surface area contributed by atoms with Crippen LogP contribution in [0, 0.1) is 0 Å². The molecular weight excluding hydrogens is 438 g/mol. The summed E-state index contributed by atoms with van der Waals surface area (Å²) in [5.74, 6) is -0.660. The molecule has 0 radical (unpaired) electrons. The van der Waals surface area contributed by atoms with E-state index in [-0.39, 0.29) is 0 Å². The number of nitrogens with one attached hydrogen (secondary N) is 1. The molecule has 0 saturated carbocycles. The average Bonchev–Trinajstić information content (AvgIpc) is 2.65. The lowest BCUT2D eigenvalue weighted by Gasteiger charge is -2.46. The maximum absolute atomic E-state index is 11.3. The van der Waals surface area contributed by atoms with Crippen LogP contribution in [0.25, 0.3) is 0 Å². The SMILES string of the molecule is CC(=O)N[C@H]1C(O)O[C@H](CO)[C@@H](O[C@@H]2O[C@H](C(O)S(=O)(=O)O)[C@H](O)[C@H](O)[C@H]2O)[C@@H]1O. The molecule has 0 spiro atoms. The van der Waals surface area contributed by atoms with Crippen LogP contribution in [0.5, 0.6) is 0 Å². The summed E-state index contributed by atoms with van der Waals surface area (Å²) in [7, 11) is -5.16. The fourth-order valence-corrected chi connectivity index (χ4v) is 3.75. The smallest absolute Gasteiger partial charge is 0.294 e. The Balaban J connectivity index is 2.26. The molecule has 15 nitrogen and oxygen atoms in total. The Labute approximate surface area is 170 Å². The van der Waals surface area contributed by atoms with Gasteiger partial charge in [-0.05, 0) is 0 Å². The van der Waals surface area contributed by atoms with Gasteiger partial charge in [-0.1, -0.05) is 0 Å². The molecule has 16 heteroatoms. The summed E-state index contributed by atoms with van der Waals surface area (Å²) in [4.78, 5) is 11.3. The van der Waals surface area contributed by atoms with Gasteiger partial charge in [0.1, 0.15) is 48.8 Å². The van der Waals surface area contributed by atoms with Crippen LogP contribution in [0.2, 0.25) is 0 Å². The first kappa shape index (κ1) is 25.2. The van der Waals surface area contributed by atoms with Gasteiger partial charge >= 0.3 is 0 Å². The zero-order valence-electron chi connectivity index (χ0n) is 15.5. The summed E-state index contributed by atoms with van der Waals surface area (Å²) in [6.45, 7) is 0.261. The maximum atomic E-state index is 11.3. The number of carbonyl (C=O) groups is 1. The molecule has 2 unspecified atom stereocenters. The molecule has 11 atom stereocenters. The van der Waals surface area contributed by atoms with Gasteiger partial charge in [0.15, 0.2) is 12.6 Å². The molecule has 2 aliphatic heterocycles. The molecule has 9 N–H and O–H groups in total.